The Labute approximate surface area is 280 Å². The van der Waals surface area contributed by atoms with Gasteiger partial charge in [-0.25, -0.2) is 19.0 Å². The quantitative estimate of drug-likeness (QED) is 0.212. The number of carbonyl (C=O) groups is 1. The van der Waals surface area contributed by atoms with Crippen molar-refractivity contribution in [3.63, 3.8) is 0 Å². The first-order valence-electron chi connectivity index (χ1n) is 16.4. The van der Waals surface area contributed by atoms with Crippen molar-refractivity contribution in [1.29, 1.82) is 0 Å². The molecular weight excluding hydrogens is 631 g/mol. The van der Waals surface area contributed by atoms with Crippen molar-refractivity contribution < 1.29 is 13.9 Å². The van der Waals surface area contributed by atoms with Crippen molar-refractivity contribution in [1.82, 2.24) is 33.8 Å². The molecule has 1 saturated heterocycles. The number of carbonyl (C=O) groups excluding carboxylic acids is 1. The Kier molecular flexibility index (Phi) is 6.84. The Morgan fingerprint density at radius 3 is 2.69 bits per heavy atom. The number of piperidine rings is 1. The van der Waals surface area contributed by atoms with Gasteiger partial charge in [0.05, 0.1) is 36.1 Å². The summed E-state index contributed by atoms with van der Waals surface area (Å²) in [5.41, 5.74) is 11.3. The third-order valence-electron chi connectivity index (χ3n) is 10.3. The number of nitrogens with two attached hydrogens (primary N) is 1. The van der Waals surface area contributed by atoms with Gasteiger partial charge in [-0.3, -0.25) is 4.79 Å². The third-order valence-corrected chi connectivity index (χ3v) is 10.6. The second-order valence-electron chi connectivity index (χ2n) is 13.4. The predicted octanol–water partition coefficient (Wildman–Crippen LogP) is 6.06. The lowest BCUT2D eigenvalue weighted by molar-refractivity contribution is 0.0700. The van der Waals surface area contributed by atoms with Crippen LogP contribution in [0.1, 0.15) is 41.6 Å². The number of halogens is 2. The number of benzene rings is 2. The van der Waals surface area contributed by atoms with Gasteiger partial charge in [0.15, 0.2) is 17.5 Å². The summed E-state index contributed by atoms with van der Waals surface area (Å²) in [5.74, 6) is 1.71. The standard InChI is InChI=1S/C36H34ClFN8O2/c1-48-31-12-24(36(47)44-19-23-8-9-29(44)32(23)39)10-27-33(31)45(17-21-14-41-46(18-21)34-26(38)13-25(37)15-40-34)35(42-27)30-11-22-4-2-3-5-28(22)43(30)16-20-6-7-20/h2-5,10-15,18,20,23,29,32H,6-9,16-17,19,39H2,1H3/t23?,29?,32-/m1/s1. The molecule has 244 valence electrons. The van der Waals surface area contributed by atoms with Crippen LogP contribution in [0, 0.1) is 17.7 Å². The number of ether oxygens (including phenoxy) is 1. The molecule has 2 saturated carbocycles. The lowest BCUT2D eigenvalue weighted by Crippen LogP contribution is -2.41. The highest BCUT2D eigenvalue weighted by atomic mass is 35.5. The van der Waals surface area contributed by atoms with Crippen LogP contribution in [0.3, 0.4) is 0 Å². The maximum atomic E-state index is 14.8. The largest absolute Gasteiger partial charge is 0.494 e. The normalized spacial score (nSPS) is 20.4. The lowest BCUT2D eigenvalue weighted by Gasteiger charge is -2.27. The van der Waals surface area contributed by atoms with Crippen LogP contribution in [0.25, 0.3) is 39.3 Å². The van der Waals surface area contributed by atoms with Crippen molar-refractivity contribution in [2.75, 3.05) is 13.7 Å². The van der Waals surface area contributed by atoms with Gasteiger partial charge in [0, 0.05) is 59.6 Å². The number of imidazole rings is 1. The van der Waals surface area contributed by atoms with Crippen LogP contribution >= 0.6 is 11.6 Å². The summed E-state index contributed by atoms with van der Waals surface area (Å²) in [6, 6.07) is 15.6. The summed E-state index contributed by atoms with van der Waals surface area (Å²) >= 11 is 5.95. The van der Waals surface area contributed by atoms with E-state index in [1.54, 1.807) is 19.5 Å². The molecule has 3 fully saturated rings. The minimum atomic E-state index is -0.568. The SMILES string of the molecule is COc1cc(C(=O)N2CC3CCC2[C@@H]3N)cc2nc(-c3cc4ccccc4n3CC3CC3)n(Cc3cnn(-c4ncc(Cl)cc4F)c3)c12. The van der Waals surface area contributed by atoms with Gasteiger partial charge in [0.25, 0.3) is 5.91 Å². The van der Waals surface area contributed by atoms with E-state index in [0.29, 0.717) is 41.8 Å². The second kappa shape index (κ2) is 11.2. The van der Waals surface area contributed by atoms with Gasteiger partial charge in [-0.2, -0.15) is 5.10 Å². The summed E-state index contributed by atoms with van der Waals surface area (Å²) in [4.78, 5) is 25.3. The van der Waals surface area contributed by atoms with Gasteiger partial charge in [0.2, 0.25) is 0 Å². The average molecular weight is 665 g/mol. The fourth-order valence-electron chi connectivity index (χ4n) is 7.77. The lowest BCUT2D eigenvalue weighted by atomic mass is 10.1. The Hall–Kier alpha value is -4.74. The molecule has 2 aliphatic carbocycles. The molecule has 1 amide bonds. The van der Waals surface area contributed by atoms with Gasteiger partial charge in [-0.15, -0.1) is 0 Å². The van der Waals surface area contributed by atoms with E-state index in [1.165, 1.54) is 29.8 Å². The van der Waals surface area contributed by atoms with E-state index in [4.69, 9.17) is 27.1 Å². The zero-order valence-electron chi connectivity index (χ0n) is 26.4. The topological polar surface area (TPSA) is 109 Å². The first-order valence-corrected chi connectivity index (χ1v) is 16.8. The number of hydrogen-bond donors (Lipinski definition) is 1. The van der Waals surface area contributed by atoms with E-state index in [-0.39, 0.29) is 28.8 Å². The number of para-hydroxylation sites is 1. The molecule has 5 heterocycles. The van der Waals surface area contributed by atoms with Crippen molar-refractivity contribution >= 4 is 39.4 Å². The minimum Gasteiger partial charge on any atom is -0.494 e. The van der Waals surface area contributed by atoms with Gasteiger partial charge in [-0.1, -0.05) is 29.8 Å². The van der Waals surface area contributed by atoms with E-state index in [2.05, 4.69) is 43.5 Å². The van der Waals surface area contributed by atoms with Gasteiger partial charge < -0.3 is 24.5 Å². The molecule has 4 aromatic heterocycles. The molecule has 3 aliphatic rings. The minimum absolute atomic E-state index is 0.0243. The molecule has 2 unspecified atom stereocenters. The zero-order valence-corrected chi connectivity index (χ0v) is 27.1. The third kappa shape index (κ3) is 4.78. The van der Waals surface area contributed by atoms with Crippen LogP contribution in [0.4, 0.5) is 4.39 Å². The summed E-state index contributed by atoms with van der Waals surface area (Å²) in [6.07, 6.45) is 9.26. The Balaban J connectivity index is 1.20. The number of rotatable bonds is 8. The fraction of sp³-hybridized carbons (Fsp3) is 0.333. The fourth-order valence-corrected chi connectivity index (χ4v) is 7.92. The number of likely N-dealkylation sites (tertiary alicyclic amines) is 1. The zero-order chi connectivity index (χ0) is 32.7. The molecule has 1 aliphatic heterocycles. The van der Waals surface area contributed by atoms with Crippen LogP contribution in [0.2, 0.25) is 5.02 Å². The van der Waals surface area contributed by atoms with Crippen LogP contribution in [0.5, 0.6) is 5.75 Å². The first kappa shape index (κ1) is 29.4. The Bertz CT molecular complexity index is 2240. The van der Waals surface area contributed by atoms with Crippen molar-refractivity contribution in [3.05, 3.63) is 89.1 Å². The van der Waals surface area contributed by atoms with Crippen molar-refractivity contribution in [2.45, 2.75) is 50.9 Å². The molecule has 0 spiro atoms. The van der Waals surface area contributed by atoms with Crippen LogP contribution in [0.15, 0.2) is 67.1 Å². The van der Waals surface area contributed by atoms with E-state index in [9.17, 15) is 9.18 Å². The molecule has 48 heavy (non-hydrogen) atoms. The van der Waals surface area contributed by atoms with E-state index in [1.807, 2.05) is 23.1 Å². The Morgan fingerprint density at radius 2 is 1.94 bits per heavy atom. The van der Waals surface area contributed by atoms with Crippen molar-refractivity contribution in [3.8, 4) is 23.1 Å². The highest BCUT2D eigenvalue weighted by Gasteiger charge is 2.47. The molecule has 9 rings (SSSR count). The summed E-state index contributed by atoms with van der Waals surface area (Å²) < 4.78 is 26.7. The number of fused-ring (bicyclic) bond motifs is 4. The molecule has 2 aromatic carbocycles. The van der Waals surface area contributed by atoms with Crippen molar-refractivity contribution in [2.24, 2.45) is 17.6 Å². The highest BCUT2D eigenvalue weighted by Crippen LogP contribution is 2.41. The van der Waals surface area contributed by atoms with Gasteiger partial charge >= 0.3 is 0 Å². The maximum absolute atomic E-state index is 14.8. The van der Waals surface area contributed by atoms with E-state index in [0.717, 1.165) is 52.9 Å². The monoisotopic (exact) mass is 664 g/mol. The van der Waals surface area contributed by atoms with E-state index < -0.39 is 5.82 Å². The average Bonchev–Trinajstić information content (AvgIpc) is 3.39. The predicted molar refractivity (Wildman–Crippen MR) is 181 cm³/mol. The van der Waals surface area contributed by atoms with Gasteiger partial charge in [-0.05, 0) is 67.9 Å². The first-order chi connectivity index (χ1) is 23.4. The molecule has 10 nitrogen and oxygen atoms in total. The highest BCUT2D eigenvalue weighted by molar-refractivity contribution is 6.30. The summed E-state index contributed by atoms with van der Waals surface area (Å²) in [7, 11) is 1.62. The van der Waals surface area contributed by atoms with Crippen LogP contribution < -0.4 is 10.5 Å². The smallest absolute Gasteiger partial charge is 0.254 e. The number of aromatic nitrogens is 6. The molecular formula is C36H34ClFN8O2. The molecule has 2 bridgehead atoms. The molecule has 3 atom stereocenters. The number of methoxy groups -OCH3 is 1. The maximum Gasteiger partial charge on any atom is 0.254 e. The molecule has 12 heteroatoms. The second-order valence-corrected chi connectivity index (χ2v) is 13.8. The molecule has 6 aromatic rings. The number of amides is 1. The van der Waals surface area contributed by atoms with Gasteiger partial charge in [0.1, 0.15) is 11.3 Å². The number of pyridine rings is 1. The van der Waals surface area contributed by atoms with E-state index >= 15 is 0 Å². The number of nitrogens with zero attached hydrogens (tertiary/aromatic N) is 7. The summed E-state index contributed by atoms with van der Waals surface area (Å²) in [6.45, 7) is 1.93. The number of hydrogen-bond acceptors (Lipinski definition) is 6. The summed E-state index contributed by atoms with van der Waals surface area (Å²) in [5, 5.41) is 5.77. The molecule has 0 radical (unpaired) electrons. The van der Waals surface area contributed by atoms with Crippen LogP contribution in [-0.4, -0.2) is 65.4 Å². The Morgan fingerprint density at radius 1 is 1.08 bits per heavy atom. The molecule has 2 N–H and O–H groups in total. The van der Waals surface area contributed by atoms with Crippen LogP contribution in [-0.2, 0) is 13.1 Å².